The van der Waals surface area contributed by atoms with Crippen molar-refractivity contribution in [1.29, 1.82) is 0 Å². The van der Waals surface area contributed by atoms with Gasteiger partial charge in [-0.15, -0.1) is 12.4 Å². The van der Waals surface area contributed by atoms with Gasteiger partial charge in [0, 0.05) is 43.9 Å². The largest absolute Gasteiger partial charge is 0.487 e. The van der Waals surface area contributed by atoms with E-state index in [4.69, 9.17) is 4.74 Å². The summed E-state index contributed by atoms with van der Waals surface area (Å²) in [6.07, 6.45) is 1.52. The van der Waals surface area contributed by atoms with Crippen LogP contribution in [0.1, 0.15) is 11.3 Å². The number of para-hydroxylation sites is 1. The zero-order valence-electron chi connectivity index (χ0n) is 13.5. The van der Waals surface area contributed by atoms with Crippen molar-refractivity contribution in [3.63, 3.8) is 0 Å². The number of benzene rings is 1. The standard InChI is InChI=1S/C18H23N3O2.ClH/c22-17-12-20-11-15(17)10-19-9-14-5-1-2-7-18(14)23-13-16-6-3-4-8-21-16;/h1-8,15,17,19-20,22H,9-13H2;1H. The zero-order valence-corrected chi connectivity index (χ0v) is 14.3. The van der Waals surface area contributed by atoms with Crippen LogP contribution < -0.4 is 15.4 Å². The van der Waals surface area contributed by atoms with Crippen LogP contribution in [0.4, 0.5) is 0 Å². The third-order valence-electron chi connectivity index (χ3n) is 4.10. The Bertz CT molecular complexity index is 612. The van der Waals surface area contributed by atoms with E-state index in [0.717, 1.165) is 36.6 Å². The van der Waals surface area contributed by atoms with Gasteiger partial charge >= 0.3 is 0 Å². The molecule has 130 valence electrons. The van der Waals surface area contributed by atoms with Crippen LogP contribution in [-0.4, -0.2) is 35.8 Å². The minimum Gasteiger partial charge on any atom is -0.487 e. The number of hydrogen-bond acceptors (Lipinski definition) is 5. The van der Waals surface area contributed by atoms with Crippen molar-refractivity contribution in [3.8, 4) is 5.75 Å². The van der Waals surface area contributed by atoms with Gasteiger partial charge in [0.1, 0.15) is 12.4 Å². The Morgan fingerprint density at radius 1 is 1.17 bits per heavy atom. The average Bonchev–Trinajstić information content (AvgIpc) is 3.00. The first-order valence-corrected chi connectivity index (χ1v) is 8.03. The van der Waals surface area contributed by atoms with Crippen molar-refractivity contribution >= 4 is 12.4 Å². The van der Waals surface area contributed by atoms with Crippen molar-refractivity contribution in [2.45, 2.75) is 19.3 Å². The van der Waals surface area contributed by atoms with Crippen molar-refractivity contribution in [2.75, 3.05) is 19.6 Å². The molecule has 1 aliphatic heterocycles. The summed E-state index contributed by atoms with van der Waals surface area (Å²) in [5, 5.41) is 16.4. The summed E-state index contributed by atoms with van der Waals surface area (Å²) in [4.78, 5) is 4.27. The van der Waals surface area contributed by atoms with Crippen LogP contribution in [0.3, 0.4) is 0 Å². The molecule has 1 saturated heterocycles. The third kappa shape index (κ3) is 5.18. The monoisotopic (exact) mass is 349 g/mol. The SMILES string of the molecule is Cl.OC1CNCC1CNCc1ccccc1OCc1ccccn1. The van der Waals surface area contributed by atoms with Crippen molar-refractivity contribution in [3.05, 3.63) is 59.9 Å². The van der Waals surface area contributed by atoms with Gasteiger partial charge in [-0.05, 0) is 18.2 Å². The maximum Gasteiger partial charge on any atom is 0.130 e. The second kappa shape index (κ2) is 9.59. The van der Waals surface area contributed by atoms with E-state index in [2.05, 4.69) is 21.7 Å². The zero-order chi connectivity index (χ0) is 15.9. The smallest absolute Gasteiger partial charge is 0.130 e. The molecule has 1 aromatic heterocycles. The minimum atomic E-state index is -0.252. The molecule has 2 unspecified atom stereocenters. The van der Waals surface area contributed by atoms with E-state index in [-0.39, 0.29) is 24.4 Å². The predicted molar refractivity (Wildman–Crippen MR) is 96.3 cm³/mol. The third-order valence-corrected chi connectivity index (χ3v) is 4.10. The van der Waals surface area contributed by atoms with Crippen LogP contribution in [0.25, 0.3) is 0 Å². The first kappa shape index (κ1) is 18.7. The summed E-state index contributed by atoms with van der Waals surface area (Å²) >= 11 is 0. The Kier molecular flexibility index (Phi) is 7.46. The Balaban J connectivity index is 0.00000208. The Morgan fingerprint density at radius 3 is 2.75 bits per heavy atom. The number of aliphatic hydroxyl groups excluding tert-OH is 1. The Labute approximate surface area is 148 Å². The van der Waals surface area contributed by atoms with Gasteiger partial charge in [0.2, 0.25) is 0 Å². The van der Waals surface area contributed by atoms with E-state index in [9.17, 15) is 5.11 Å². The second-order valence-electron chi connectivity index (χ2n) is 5.83. The first-order chi connectivity index (χ1) is 11.3. The fraction of sp³-hybridized carbons (Fsp3) is 0.389. The number of pyridine rings is 1. The summed E-state index contributed by atoms with van der Waals surface area (Å²) in [6, 6.07) is 13.8. The molecular formula is C18H24ClN3O2. The molecule has 0 bridgehead atoms. The molecule has 0 saturated carbocycles. The summed E-state index contributed by atoms with van der Waals surface area (Å²) in [5.74, 6) is 1.15. The highest BCUT2D eigenvalue weighted by Crippen LogP contribution is 2.19. The molecule has 1 aliphatic rings. The van der Waals surface area contributed by atoms with Crippen LogP contribution in [0, 0.1) is 5.92 Å². The molecule has 0 radical (unpaired) electrons. The quantitative estimate of drug-likeness (QED) is 0.710. The van der Waals surface area contributed by atoms with E-state index in [1.165, 1.54) is 0 Å². The normalized spacial score (nSPS) is 19.7. The van der Waals surface area contributed by atoms with Crippen LogP contribution in [0.5, 0.6) is 5.75 Å². The van der Waals surface area contributed by atoms with Gasteiger partial charge in [0.05, 0.1) is 11.8 Å². The van der Waals surface area contributed by atoms with Gasteiger partial charge in [0.25, 0.3) is 0 Å². The van der Waals surface area contributed by atoms with E-state index >= 15 is 0 Å². The van der Waals surface area contributed by atoms with Gasteiger partial charge in [-0.2, -0.15) is 0 Å². The summed E-state index contributed by atoms with van der Waals surface area (Å²) in [5.41, 5.74) is 2.03. The molecule has 5 nitrogen and oxygen atoms in total. The molecule has 2 atom stereocenters. The molecule has 1 aromatic carbocycles. The van der Waals surface area contributed by atoms with E-state index in [1.807, 2.05) is 36.4 Å². The van der Waals surface area contributed by atoms with Gasteiger partial charge in [0.15, 0.2) is 0 Å². The van der Waals surface area contributed by atoms with Crippen LogP contribution in [0.2, 0.25) is 0 Å². The second-order valence-corrected chi connectivity index (χ2v) is 5.83. The molecule has 3 N–H and O–H groups in total. The lowest BCUT2D eigenvalue weighted by molar-refractivity contribution is 0.146. The van der Waals surface area contributed by atoms with Crippen LogP contribution >= 0.6 is 12.4 Å². The lowest BCUT2D eigenvalue weighted by atomic mass is 10.1. The number of ether oxygens (including phenoxy) is 1. The predicted octanol–water partition coefficient (Wildman–Crippen LogP) is 1.75. The van der Waals surface area contributed by atoms with Crippen molar-refractivity contribution in [2.24, 2.45) is 5.92 Å². The highest BCUT2D eigenvalue weighted by atomic mass is 35.5. The van der Waals surface area contributed by atoms with Gasteiger partial charge in [-0.3, -0.25) is 4.98 Å². The molecule has 1 fully saturated rings. The van der Waals surface area contributed by atoms with Crippen molar-refractivity contribution < 1.29 is 9.84 Å². The molecule has 0 spiro atoms. The number of β-amino-alcohol motifs (C(OH)–C–C–N with tert-alkyl or cyclic N) is 1. The summed E-state index contributed by atoms with van der Waals surface area (Å²) < 4.78 is 5.90. The van der Waals surface area contributed by atoms with Gasteiger partial charge < -0.3 is 20.5 Å². The highest BCUT2D eigenvalue weighted by molar-refractivity contribution is 5.85. The van der Waals surface area contributed by atoms with E-state index in [0.29, 0.717) is 13.2 Å². The summed E-state index contributed by atoms with van der Waals surface area (Å²) in [6.45, 7) is 3.54. The topological polar surface area (TPSA) is 66.4 Å². The number of halogens is 1. The fourth-order valence-electron chi connectivity index (χ4n) is 2.75. The molecule has 0 amide bonds. The molecule has 3 rings (SSSR count). The molecular weight excluding hydrogens is 326 g/mol. The minimum absolute atomic E-state index is 0. The van der Waals surface area contributed by atoms with E-state index in [1.54, 1.807) is 6.20 Å². The average molecular weight is 350 g/mol. The van der Waals surface area contributed by atoms with Crippen LogP contribution in [0.15, 0.2) is 48.7 Å². The number of aliphatic hydroxyl groups is 1. The maximum absolute atomic E-state index is 9.82. The van der Waals surface area contributed by atoms with E-state index < -0.39 is 0 Å². The lowest BCUT2D eigenvalue weighted by Crippen LogP contribution is -2.30. The Hall–Kier alpha value is -1.66. The van der Waals surface area contributed by atoms with Gasteiger partial charge in [-0.1, -0.05) is 24.3 Å². The number of rotatable bonds is 7. The Morgan fingerprint density at radius 2 is 2.00 bits per heavy atom. The molecule has 6 heteroatoms. The number of nitrogens with one attached hydrogen (secondary N) is 2. The summed E-state index contributed by atoms with van der Waals surface area (Å²) in [7, 11) is 0. The van der Waals surface area contributed by atoms with Gasteiger partial charge in [-0.25, -0.2) is 0 Å². The molecule has 2 heterocycles. The maximum atomic E-state index is 9.82. The lowest BCUT2D eigenvalue weighted by Gasteiger charge is -2.16. The van der Waals surface area contributed by atoms with Crippen LogP contribution in [-0.2, 0) is 13.2 Å². The number of aromatic nitrogens is 1. The van der Waals surface area contributed by atoms with Crippen molar-refractivity contribution in [1.82, 2.24) is 15.6 Å². The molecule has 24 heavy (non-hydrogen) atoms. The number of nitrogens with zero attached hydrogens (tertiary/aromatic N) is 1. The molecule has 0 aliphatic carbocycles. The molecule has 2 aromatic rings. The first-order valence-electron chi connectivity index (χ1n) is 8.03. The highest BCUT2D eigenvalue weighted by Gasteiger charge is 2.24. The fourth-order valence-corrected chi connectivity index (χ4v) is 2.75. The number of hydrogen-bond donors (Lipinski definition) is 3.